The minimum Gasteiger partial charge on any atom is -0.504 e. The number of aliphatic carboxylic acids is 1. The van der Waals surface area contributed by atoms with Crippen LogP contribution in [-0.2, 0) is 14.4 Å². The number of phenolic OH excluding ortho intramolecular Hbond substituents is 1. The van der Waals surface area contributed by atoms with Gasteiger partial charge in [-0.05, 0) is 18.2 Å². The van der Waals surface area contributed by atoms with Crippen LogP contribution in [0.2, 0.25) is 0 Å². The molecule has 0 aromatic heterocycles. The zero-order valence-electron chi connectivity index (χ0n) is 12.8. The summed E-state index contributed by atoms with van der Waals surface area (Å²) in [6.45, 7) is -1.34. The van der Waals surface area contributed by atoms with Gasteiger partial charge in [0.05, 0.1) is 20.2 Å². The largest absolute Gasteiger partial charge is 0.504 e. The lowest BCUT2D eigenvalue weighted by molar-refractivity contribution is -0.137. The number of rotatable bonds is 8. The summed E-state index contributed by atoms with van der Waals surface area (Å²) in [6, 6.07) is 3.94. The second-order valence-corrected chi connectivity index (χ2v) is 4.52. The molecule has 10 nitrogen and oxygen atoms in total. The third-order valence-electron chi connectivity index (χ3n) is 2.73. The molecule has 0 spiro atoms. The molecule has 5 N–H and O–H groups in total. The van der Waals surface area contributed by atoms with Crippen molar-refractivity contribution >= 4 is 23.7 Å². The quantitative estimate of drug-likeness (QED) is 0.384. The number of hydrogen-bond donors (Lipinski definition) is 5. The fraction of sp³-hybridized carbons (Fsp3) is 0.286. The lowest BCUT2D eigenvalue weighted by Crippen LogP contribution is -2.42. The Balaban J connectivity index is 2.40. The summed E-state index contributed by atoms with van der Waals surface area (Å²) in [7, 11) is 1.33. The van der Waals surface area contributed by atoms with Gasteiger partial charge in [0.15, 0.2) is 11.5 Å². The van der Waals surface area contributed by atoms with Gasteiger partial charge in [0.1, 0.15) is 6.54 Å². The average Bonchev–Trinajstić information content (AvgIpc) is 2.56. The SMILES string of the molecule is COc1cc(C(=O)NCC(=O)NCC(=O)NCC(=O)O)ccc1O. The second kappa shape index (κ2) is 8.98. The van der Waals surface area contributed by atoms with Gasteiger partial charge >= 0.3 is 5.97 Å². The summed E-state index contributed by atoms with van der Waals surface area (Å²) in [5.74, 6) is -3.08. The Morgan fingerprint density at radius 1 is 1.00 bits per heavy atom. The maximum Gasteiger partial charge on any atom is 0.322 e. The number of carbonyl (C=O) groups excluding carboxylic acids is 3. The summed E-state index contributed by atoms with van der Waals surface area (Å²) in [5.41, 5.74) is 0.177. The van der Waals surface area contributed by atoms with Crippen LogP contribution in [-0.4, -0.2) is 60.6 Å². The number of benzene rings is 1. The van der Waals surface area contributed by atoms with Crippen LogP contribution in [0.25, 0.3) is 0 Å². The molecule has 0 radical (unpaired) electrons. The highest BCUT2D eigenvalue weighted by atomic mass is 16.5. The molecule has 3 amide bonds. The van der Waals surface area contributed by atoms with E-state index in [1.807, 2.05) is 0 Å². The van der Waals surface area contributed by atoms with E-state index in [0.29, 0.717) is 0 Å². The summed E-state index contributed by atoms with van der Waals surface area (Å²) >= 11 is 0. The van der Waals surface area contributed by atoms with Crippen molar-refractivity contribution < 1.29 is 34.1 Å². The van der Waals surface area contributed by atoms with Crippen molar-refractivity contribution in [3.63, 3.8) is 0 Å². The van der Waals surface area contributed by atoms with Gasteiger partial charge in [-0.15, -0.1) is 0 Å². The molecule has 0 atom stereocenters. The van der Waals surface area contributed by atoms with Gasteiger partial charge in [0.2, 0.25) is 11.8 Å². The first-order valence-corrected chi connectivity index (χ1v) is 6.74. The van der Waals surface area contributed by atoms with Crippen LogP contribution in [0.1, 0.15) is 10.4 Å². The average molecular weight is 339 g/mol. The van der Waals surface area contributed by atoms with Crippen LogP contribution in [0.5, 0.6) is 11.5 Å². The number of carboxylic acid groups (broad SMARTS) is 1. The molecule has 0 bridgehead atoms. The van der Waals surface area contributed by atoms with Crippen molar-refractivity contribution in [1.29, 1.82) is 0 Å². The van der Waals surface area contributed by atoms with E-state index in [9.17, 15) is 24.3 Å². The normalized spacial score (nSPS) is 9.71. The topological polar surface area (TPSA) is 154 Å². The lowest BCUT2D eigenvalue weighted by Gasteiger charge is -2.08. The molecule has 10 heteroatoms. The van der Waals surface area contributed by atoms with E-state index in [2.05, 4.69) is 16.0 Å². The van der Waals surface area contributed by atoms with E-state index < -0.39 is 36.8 Å². The Morgan fingerprint density at radius 3 is 2.17 bits per heavy atom. The Labute approximate surface area is 136 Å². The highest BCUT2D eigenvalue weighted by molar-refractivity contribution is 5.97. The van der Waals surface area contributed by atoms with Crippen molar-refractivity contribution in [1.82, 2.24) is 16.0 Å². The van der Waals surface area contributed by atoms with Crippen LogP contribution in [0.15, 0.2) is 18.2 Å². The van der Waals surface area contributed by atoms with Crippen LogP contribution in [0.4, 0.5) is 0 Å². The van der Waals surface area contributed by atoms with Gasteiger partial charge in [-0.25, -0.2) is 0 Å². The standard InChI is InChI=1S/C14H17N3O7/c1-24-10-4-8(2-3-9(10)18)14(23)17-6-12(20)15-5-11(19)16-7-13(21)22/h2-4,18H,5-7H2,1H3,(H,15,20)(H,16,19)(H,17,23)(H,21,22). The van der Waals surface area contributed by atoms with E-state index in [1.54, 1.807) is 0 Å². The fourth-order valence-corrected chi connectivity index (χ4v) is 1.56. The fourth-order valence-electron chi connectivity index (χ4n) is 1.56. The molecular formula is C14H17N3O7. The highest BCUT2D eigenvalue weighted by Crippen LogP contribution is 2.26. The van der Waals surface area contributed by atoms with E-state index in [4.69, 9.17) is 9.84 Å². The van der Waals surface area contributed by atoms with E-state index >= 15 is 0 Å². The molecular weight excluding hydrogens is 322 g/mol. The Kier molecular flexibility index (Phi) is 7.01. The molecule has 0 fully saturated rings. The monoisotopic (exact) mass is 339 g/mol. The van der Waals surface area contributed by atoms with Crippen molar-refractivity contribution in [2.45, 2.75) is 0 Å². The Bertz CT molecular complexity index is 645. The summed E-state index contributed by atoms with van der Waals surface area (Å²) in [4.78, 5) is 44.8. The van der Waals surface area contributed by atoms with E-state index in [-0.39, 0.29) is 23.6 Å². The first-order chi connectivity index (χ1) is 11.3. The van der Waals surface area contributed by atoms with Crippen LogP contribution >= 0.6 is 0 Å². The first-order valence-electron chi connectivity index (χ1n) is 6.74. The number of ether oxygens (including phenoxy) is 1. The van der Waals surface area contributed by atoms with Crippen molar-refractivity contribution in [2.24, 2.45) is 0 Å². The number of phenols is 1. The number of hydrogen-bond acceptors (Lipinski definition) is 6. The molecule has 1 aromatic carbocycles. The maximum absolute atomic E-state index is 11.9. The van der Waals surface area contributed by atoms with Gasteiger partial charge in [0.25, 0.3) is 5.91 Å². The number of amides is 3. The zero-order valence-corrected chi connectivity index (χ0v) is 12.8. The van der Waals surface area contributed by atoms with E-state index in [0.717, 1.165) is 0 Å². The van der Waals surface area contributed by atoms with Crippen molar-refractivity contribution in [3.05, 3.63) is 23.8 Å². The summed E-state index contributed by atoms with van der Waals surface area (Å²) in [6.07, 6.45) is 0. The molecule has 0 aliphatic heterocycles. The molecule has 1 rings (SSSR count). The smallest absolute Gasteiger partial charge is 0.322 e. The predicted molar refractivity (Wildman–Crippen MR) is 80.6 cm³/mol. The molecule has 0 heterocycles. The van der Waals surface area contributed by atoms with Crippen LogP contribution in [0.3, 0.4) is 0 Å². The minimum atomic E-state index is -1.20. The Morgan fingerprint density at radius 2 is 1.58 bits per heavy atom. The second-order valence-electron chi connectivity index (χ2n) is 4.52. The number of carboxylic acids is 1. The number of nitrogens with one attached hydrogen (secondary N) is 3. The third-order valence-corrected chi connectivity index (χ3v) is 2.73. The maximum atomic E-state index is 11.9. The number of carbonyl (C=O) groups is 4. The molecule has 0 saturated carbocycles. The number of aromatic hydroxyl groups is 1. The molecule has 0 aliphatic rings. The summed E-state index contributed by atoms with van der Waals surface area (Å²) in [5, 5.41) is 24.4. The lowest BCUT2D eigenvalue weighted by atomic mass is 10.2. The molecule has 0 saturated heterocycles. The highest BCUT2D eigenvalue weighted by Gasteiger charge is 2.12. The van der Waals surface area contributed by atoms with Gasteiger partial charge in [-0.1, -0.05) is 0 Å². The molecule has 1 aromatic rings. The predicted octanol–water partition coefficient (Wildman–Crippen LogP) is -1.55. The third kappa shape index (κ3) is 6.22. The van der Waals surface area contributed by atoms with Crippen LogP contribution in [0, 0.1) is 0 Å². The van der Waals surface area contributed by atoms with Crippen molar-refractivity contribution in [2.75, 3.05) is 26.7 Å². The van der Waals surface area contributed by atoms with E-state index in [1.165, 1.54) is 25.3 Å². The summed E-state index contributed by atoms with van der Waals surface area (Å²) < 4.78 is 4.87. The van der Waals surface area contributed by atoms with Gasteiger partial charge in [-0.2, -0.15) is 0 Å². The zero-order chi connectivity index (χ0) is 18.1. The van der Waals surface area contributed by atoms with Crippen molar-refractivity contribution in [3.8, 4) is 11.5 Å². The minimum absolute atomic E-state index is 0.113. The molecule has 0 unspecified atom stereocenters. The molecule has 130 valence electrons. The molecule has 24 heavy (non-hydrogen) atoms. The molecule has 0 aliphatic carbocycles. The van der Waals surface area contributed by atoms with Gasteiger partial charge in [-0.3, -0.25) is 19.2 Å². The number of methoxy groups -OCH3 is 1. The van der Waals surface area contributed by atoms with Crippen LogP contribution < -0.4 is 20.7 Å². The Hall–Kier alpha value is -3.30. The van der Waals surface area contributed by atoms with Gasteiger partial charge in [0, 0.05) is 5.56 Å². The van der Waals surface area contributed by atoms with Gasteiger partial charge < -0.3 is 30.9 Å². The first kappa shape index (κ1) is 18.7.